The van der Waals surface area contributed by atoms with E-state index >= 15 is 0 Å². The number of benzene rings is 1. The van der Waals surface area contributed by atoms with Crippen LogP contribution in [0, 0.1) is 20.8 Å². The molecule has 0 aliphatic rings. The lowest BCUT2D eigenvalue weighted by molar-refractivity contribution is 0.221. The van der Waals surface area contributed by atoms with Gasteiger partial charge in [0.2, 0.25) is 0 Å². The van der Waals surface area contributed by atoms with Gasteiger partial charge in [0.1, 0.15) is 6.10 Å². The van der Waals surface area contributed by atoms with Crippen LogP contribution in [0.2, 0.25) is 0 Å². The molecule has 1 unspecified atom stereocenters. The van der Waals surface area contributed by atoms with E-state index in [-0.39, 0.29) is 0 Å². The van der Waals surface area contributed by atoms with Crippen molar-refractivity contribution < 1.29 is 5.11 Å². The number of hydrogen-bond acceptors (Lipinski definition) is 3. The van der Waals surface area contributed by atoms with Crippen LogP contribution in [0.25, 0.3) is 5.52 Å². The number of nitrogens with zero attached hydrogens (tertiary/aromatic N) is 3. The van der Waals surface area contributed by atoms with Crippen LogP contribution in [0.4, 0.5) is 0 Å². The number of rotatable bonds is 2. The summed E-state index contributed by atoms with van der Waals surface area (Å²) in [4.78, 5) is 4.10. The molecule has 4 nitrogen and oxygen atoms in total. The molecule has 20 heavy (non-hydrogen) atoms. The Labute approximate surface area is 117 Å². The molecule has 2 aromatic heterocycles. The van der Waals surface area contributed by atoms with Crippen LogP contribution >= 0.6 is 0 Å². The molecule has 0 spiro atoms. The lowest BCUT2D eigenvalue weighted by Gasteiger charge is -2.15. The summed E-state index contributed by atoms with van der Waals surface area (Å²) in [6.07, 6.45) is 6.20. The van der Waals surface area contributed by atoms with Crippen molar-refractivity contribution in [1.29, 1.82) is 0 Å². The molecule has 1 aromatic carbocycles. The molecule has 0 saturated heterocycles. The molecular formula is C16H17N3O. The predicted octanol–water partition coefficient (Wildman–Crippen LogP) is 2.74. The quantitative estimate of drug-likeness (QED) is 0.776. The molecular weight excluding hydrogens is 250 g/mol. The maximum Gasteiger partial charge on any atom is 0.108 e. The zero-order valence-corrected chi connectivity index (χ0v) is 11.8. The molecule has 0 fully saturated rings. The Bertz CT molecular complexity index is 776. The summed E-state index contributed by atoms with van der Waals surface area (Å²) in [6.45, 7) is 6.16. The minimum absolute atomic E-state index is 0.684. The Balaban J connectivity index is 2.13. The predicted molar refractivity (Wildman–Crippen MR) is 77.7 cm³/mol. The van der Waals surface area contributed by atoms with Crippen molar-refractivity contribution in [2.24, 2.45) is 0 Å². The first-order valence-electron chi connectivity index (χ1n) is 6.61. The van der Waals surface area contributed by atoms with Gasteiger partial charge in [0.15, 0.2) is 0 Å². The first kappa shape index (κ1) is 12.8. The first-order chi connectivity index (χ1) is 9.58. The Hall–Kier alpha value is -2.20. The van der Waals surface area contributed by atoms with E-state index in [1.165, 1.54) is 11.1 Å². The lowest BCUT2D eigenvalue weighted by atomic mass is 9.94. The molecule has 0 aliphatic carbocycles. The van der Waals surface area contributed by atoms with Crippen LogP contribution in [0.1, 0.15) is 33.9 Å². The van der Waals surface area contributed by atoms with E-state index in [0.717, 1.165) is 22.2 Å². The topological polar surface area (TPSA) is 50.4 Å². The lowest BCUT2D eigenvalue weighted by Crippen LogP contribution is -2.03. The molecule has 0 bridgehead atoms. The summed E-state index contributed by atoms with van der Waals surface area (Å²) < 4.78 is 1.72. The van der Waals surface area contributed by atoms with Crippen LogP contribution < -0.4 is 0 Å². The van der Waals surface area contributed by atoms with Gasteiger partial charge in [0.05, 0.1) is 17.9 Å². The molecule has 1 N–H and O–H groups in total. The van der Waals surface area contributed by atoms with E-state index in [1.54, 1.807) is 29.3 Å². The summed E-state index contributed by atoms with van der Waals surface area (Å²) in [5.41, 5.74) is 6.04. The van der Waals surface area contributed by atoms with Crippen LogP contribution in [-0.2, 0) is 0 Å². The second kappa shape index (κ2) is 4.72. The number of aryl methyl sites for hydroxylation is 3. The maximum atomic E-state index is 10.7. The Morgan fingerprint density at radius 1 is 1.00 bits per heavy atom. The van der Waals surface area contributed by atoms with Crippen molar-refractivity contribution in [3.63, 3.8) is 0 Å². The van der Waals surface area contributed by atoms with E-state index in [9.17, 15) is 5.11 Å². The minimum atomic E-state index is -0.684. The fourth-order valence-electron chi connectivity index (χ4n) is 2.51. The zero-order chi connectivity index (χ0) is 14.3. The third-order valence-electron chi connectivity index (χ3n) is 3.83. The Morgan fingerprint density at radius 3 is 2.55 bits per heavy atom. The van der Waals surface area contributed by atoms with Crippen molar-refractivity contribution in [3.05, 3.63) is 64.7 Å². The van der Waals surface area contributed by atoms with Crippen molar-refractivity contribution in [2.75, 3.05) is 0 Å². The third-order valence-corrected chi connectivity index (χ3v) is 3.83. The van der Waals surface area contributed by atoms with Crippen LogP contribution in [0.3, 0.4) is 0 Å². The van der Waals surface area contributed by atoms with E-state index in [2.05, 4.69) is 36.1 Å². The number of aliphatic hydroxyl groups is 1. The average molecular weight is 267 g/mol. The summed E-state index contributed by atoms with van der Waals surface area (Å²) in [7, 11) is 0. The molecule has 0 radical (unpaired) electrons. The molecule has 0 amide bonds. The van der Waals surface area contributed by atoms with Gasteiger partial charge in [0, 0.05) is 18.0 Å². The summed E-state index contributed by atoms with van der Waals surface area (Å²) >= 11 is 0. The highest BCUT2D eigenvalue weighted by Gasteiger charge is 2.18. The monoisotopic (exact) mass is 267 g/mol. The maximum absolute atomic E-state index is 10.7. The van der Waals surface area contributed by atoms with E-state index in [4.69, 9.17) is 0 Å². The number of aliphatic hydroxyl groups excluding tert-OH is 1. The highest BCUT2D eigenvalue weighted by Crippen LogP contribution is 2.29. The number of hydrogen-bond donors (Lipinski definition) is 1. The van der Waals surface area contributed by atoms with Gasteiger partial charge in [-0.3, -0.25) is 4.98 Å². The van der Waals surface area contributed by atoms with Gasteiger partial charge in [-0.25, -0.2) is 4.52 Å². The van der Waals surface area contributed by atoms with Crippen LogP contribution in [0.5, 0.6) is 0 Å². The van der Waals surface area contributed by atoms with E-state index in [1.807, 2.05) is 6.92 Å². The van der Waals surface area contributed by atoms with Gasteiger partial charge >= 0.3 is 0 Å². The average Bonchev–Trinajstić information content (AvgIpc) is 2.86. The molecule has 4 heteroatoms. The minimum Gasteiger partial charge on any atom is -0.384 e. The van der Waals surface area contributed by atoms with Gasteiger partial charge < -0.3 is 5.11 Å². The van der Waals surface area contributed by atoms with Crippen LogP contribution in [0.15, 0.2) is 36.9 Å². The van der Waals surface area contributed by atoms with E-state index in [0.29, 0.717) is 0 Å². The Morgan fingerprint density at radius 2 is 1.75 bits per heavy atom. The van der Waals surface area contributed by atoms with E-state index < -0.39 is 6.10 Å². The molecule has 0 saturated carbocycles. The molecule has 2 heterocycles. The molecule has 3 aromatic rings. The van der Waals surface area contributed by atoms with Crippen molar-refractivity contribution in [1.82, 2.24) is 14.6 Å². The van der Waals surface area contributed by atoms with Gasteiger partial charge in [-0.1, -0.05) is 12.1 Å². The van der Waals surface area contributed by atoms with Crippen molar-refractivity contribution in [3.8, 4) is 0 Å². The SMILES string of the molecule is Cc1cc(C)c(C(O)c2cnn3ccncc23)cc1C. The molecule has 1 atom stereocenters. The highest BCUT2D eigenvalue weighted by atomic mass is 16.3. The van der Waals surface area contributed by atoms with Gasteiger partial charge in [0.25, 0.3) is 0 Å². The number of aromatic nitrogens is 3. The van der Waals surface area contributed by atoms with Gasteiger partial charge in [-0.05, 0) is 43.0 Å². The highest BCUT2D eigenvalue weighted by molar-refractivity contribution is 5.56. The largest absolute Gasteiger partial charge is 0.384 e. The van der Waals surface area contributed by atoms with Crippen molar-refractivity contribution in [2.45, 2.75) is 26.9 Å². The fourth-order valence-corrected chi connectivity index (χ4v) is 2.51. The van der Waals surface area contributed by atoms with Gasteiger partial charge in [-0.15, -0.1) is 0 Å². The second-order valence-electron chi connectivity index (χ2n) is 5.20. The zero-order valence-electron chi connectivity index (χ0n) is 11.8. The third kappa shape index (κ3) is 1.98. The summed E-state index contributed by atoms with van der Waals surface area (Å²) in [6, 6.07) is 4.16. The standard InChI is InChI=1S/C16H17N3O/c1-10-6-12(3)13(7-11(10)2)16(20)14-8-18-19-5-4-17-9-15(14)19/h4-9,16,20H,1-3H3. The molecule has 3 rings (SSSR count). The summed E-state index contributed by atoms with van der Waals surface area (Å²) in [5.74, 6) is 0. The second-order valence-corrected chi connectivity index (χ2v) is 5.20. The normalized spacial score (nSPS) is 12.8. The fraction of sp³-hybridized carbons (Fsp3) is 0.250. The van der Waals surface area contributed by atoms with Crippen molar-refractivity contribution >= 4 is 5.52 Å². The smallest absolute Gasteiger partial charge is 0.108 e. The van der Waals surface area contributed by atoms with Gasteiger partial charge in [-0.2, -0.15) is 5.10 Å². The molecule has 0 aliphatic heterocycles. The molecule has 102 valence electrons. The number of fused-ring (bicyclic) bond motifs is 1. The summed E-state index contributed by atoms with van der Waals surface area (Å²) in [5, 5.41) is 14.9. The Kier molecular flexibility index (Phi) is 3.03. The van der Waals surface area contributed by atoms with Crippen LogP contribution in [-0.4, -0.2) is 19.7 Å². The first-order valence-corrected chi connectivity index (χ1v) is 6.61.